The molecule has 26 heavy (non-hydrogen) atoms. The van der Waals surface area contributed by atoms with Crippen molar-refractivity contribution in [3.05, 3.63) is 0 Å². The summed E-state index contributed by atoms with van der Waals surface area (Å²) in [4.78, 5) is 9.51. The predicted molar refractivity (Wildman–Crippen MR) is 117 cm³/mol. The lowest BCUT2D eigenvalue weighted by atomic mass is 10.1. The van der Waals surface area contributed by atoms with Crippen LogP contribution in [0.3, 0.4) is 0 Å². The minimum Gasteiger partial charge on any atom is -0.357 e. The first-order chi connectivity index (χ1) is 12.5. The zero-order valence-electron chi connectivity index (χ0n) is 18.6. The first-order valence-corrected chi connectivity index (χ1v) is 10.9. The lowest BCUT2D eigenvalue weighted by Gasteiger charge is -2.21. The summed E-state index contributed by atoms with van der Waals surface area (Å²) in [7, 11) is 4.29. The summed E-state index contributed by atoms with van der Waals surface area (Å²) in [5.41, 5.74) is 0. The fourth-order valence-electron chi connectivity index (χ4n) is 3.05. The molecule has 156 valence electrons. The third kappa shape index (κ3) is 15.4. The molecule has 1 atom stereocenters. The van der Waals surface area contributed by atoms with Crippen LogP contribution in [0.15, 0.2) is 4.99 Å². The SMILES string of the molecule is CCNC(=NCCCCCCCN(C)C)NC(C)CCCN(CC)CC. The summed E-state index contributed by atoms with van der Waals surface area (Å²) in [5.74, 6) is 0.982. The second-order valence-electron chi connectivity index (χ2n) is 7.55. The average Bonchev–Trinajstić information content (AvgIpc) is 2.60. The maximum absolute atomic E-state index is 4.75. The van der Waals surface area contributed by atoms with Crippen LogP contribution in [0.4, 0.5) is 0 Å². The van der Waals surface area contributed by atoms with Gasteiger partial charge in [0.2, 0.25) is 0 Å². The summed E-state index contributed by atoms with van der Waals surface area (Å²) in [6, 6.07) is 0.467. The van der Waals surface area contributed by atoms with Crippen LogP contribution in [0, 0.1) is 0 Å². The van der Waals surface area contributed by atoms with E-state index in [0.29, 0.717) is 6.04 Å². The Morgan fingerprint density at radius 3 is 2.15 bits per heavy atom. The van der Waals surface area contributed by atoms with E-state index in [4.69, 9.17) is 4.99 Å². The lowest BCUT2D eigenvalue weighted by molar-refractivity contribution is 0.292. The van der Waals surface area contributed by atoms with Gasteiger partial charge in [0.1, 0.15) is 0 Å². The molecule has 0 aromatic carbocycles. The number of nitrogens with zero attached hydrogens (tertiary/aromatic N) is 3. The third-order valence-electron chi connectivity index (χ3n) is 4.77. The van der Waals surface area contributed by atoms with Crippen molar-refractivity contribution in [2.24, 2.45) is 4.99 Å². The van der Waals surface area contributed by atoms with Gasteiger partial charge in [0.15, 0.2) is 5.96 Å². The van der Waals surface area contributed by atoms with Gasteiger partial charge in [0, 0.05) is 19.1 Å². The Morgan fingerprint density at radius 1 is 0.885 bits per heavy atom. The van der Waals surface area contributed by atoms with E-state index in [1.54, 1.807) is 0 Å². The van der Waals surface area contributed by atoms with Gasteiger partial charge in [0.05, 0.1) is 0 Å². The first kappa shape index (κ1) is 25.2. The van der Waals surface area contributed by atoms with Crippen LogP contribution in [0.5, 0.6) is 0 Å². The van der Waals surface area contributed by atoms with E-state index in [0.717, 1.165) is 32.1 Å². The van der Waals surface area contributed by atoms with Crippen molar-refractivity contribution in [2.45, 2.75) is 78.7 Å². The van der Waals surface area contributed by atoms with Gasteiger partial charge < -0.3 is 20.4 Å². The summed E-state index contributed by atoms with van der Waals surface area (Å²) in [5, 5.41) is 6.95. The van der Waals surface area contributed by atoms with E-state index in [1.165, 1.54) is 58.0 Å². The largest absolute Gasteiger partial charge is 0.357 e. The number of hydrogen-bond acceptors (Lipinski definition) is 3. The Balaban J connectivity index is 3.93. The smallest absolute Gasteiger partial charge is 0.191 e. The Kier molecular flexibility index (Phi) is 17.0. The van der Waals surface area contributed by atoms with Crippen molar-refractivity contribution in [3.8, 4) is 0 Å². The molecule has 0 aromatic rings. The molecule has 0 fully saturated rings. The fourth-order valence-corrected chi connectivity index (χ4v) is 3.05. The molecule has 0 rings (SSSR count). The molecular weight excluding hydrogens is 322 g/mol. The van der Waals surface area contributed by atoms with Crippen molar-refractivity contribution >= 4 is 5.96 Å². The molecule has 0 bridgehead atoms. The molecule has 0 amide bonds. The van der Waals surface area contributed by atoms with Crippen molar-refractivity contribution in [3.63, 3.8) is 0 Å². The number of aliphatic imine (C=N–C) groups is 1. The van der Waals surface area contributed by atoms with Gasteiger partial charge in [-0.25, -0.2) is 0 Å². The van der Waals surface area contributed by atoms with E-state index in [2.05, 4.69) is 62.2 Å². The third-order valence-corrected chi connectivity index (χ3v) is 4.77. The van der Waals surface area contributed by atoms with Gasteiger partial charge in [-0.1, -0.05) is 33.1 Å². The predicted octanol–water partition coefficient (Wildman–Crippen LogP) is 3.56. The molecule has 0 radical (unpaired) electrons. The molecule has 0 spiro atoms. The summed E-state index contributed by atoms with van der Waals surface area (Å²) >= 11 is 0. The molecule has 5 heteroatoms. The monoisotopic (exact) mass is 369 g/mol. The van der Waals surface area contributed by atoms with Crippen LogP contribution in [-0.2, 0) is 0 Å². The summed E-state index contributed by atoms with van der Waals surface area (Å²) < 4.78 is 0. The number of guanidine groups is 1. The molecule has 2 N–H and O–H groups in total. The topological polar surface area (TPSA) is 42.9 Å². The van der Waals surface area contributed by atoms with Gasteiger partial charge in [-0.3, -0.25) is 4.99 Å². The molecular formula is C21H47N5. The highest BCUT2D eigenvalue weighted by molar-refractivity contribution is 5.79. The zero-order valence-corrected chi connectivity index (χ0v) is 18.6. The number of rotatable bonds is 16. The van der Waals surface area contributed by atoms with Gasteiger partial charge in [-0.05, 0) is 79.8 Å². The highest BCUT2D eigenvalue weighted by Gasteiger charge is 2.06. The van der Waals surface area contributed by atoms with Crippen LogP contribution >= 0.6 is 0 Å². The van der Waals surface area contributed by atoms with E-state index >= 15 is 0 Å². The molecule has 0 aliphatic rings. The first-order valence-electron chi connectivity index (χ1n) is 10.9. The molecule has 5 nitrogen and oxygen atoms in total. The van der Waals surface area contributed by atoms with Crippen molar-refractivity contribution in [2.75, 3.05) is 53.4 Å². The van der Waals surface area contributed by atoms with E-state index in [-0.39, 0.29) is 0 Å². The second kappa shape index (κ2) is 17.6. The maximum atomic E-state index is 4.75. The van der Waals surface area contributed by atoms with Crippen molar-refractivity contribution in [1.29, 1.82) is 0 Å². The zero-order chi connectivity index (χ0) is 19.6. The Bertz CT molecular complexity index is 326. The normalized spacial score (nSPS) is 13.5. The lowest BCUT2D eigenvalue weighted by Crippen LogP contribution is -2.42. The number of hydrogen-bond donors (Lipinski definition) is 2. The Morgan fingerprint density at radius 2 is 1.54 bits per heavy atom. The second-order valence-corrected chi connectivity index (χ2v) is 7.55. The van der Waals surface area contributed by atoms with Crippen molar-refractivity contribution < 1.29 is 0 Å². The van der Waals surface area contributed by atoms with Crippen molar-refractivity contribution in [1.82, 2.24) is 20.4 Å². The summed E-state index contributed by atoms with van der Waals surface area (Å²) in [6.07, 6.45) is 8.88. The number of nitrogens with one attached hydrogen (secondary N) is 2. The van der Waals surface area contributed by atoms with Gasteiger partial charge in [-0.2, -0.15) is 0 Å². The van der Waals surface area contributed by atoms with E-state index in [9.17, 15) is 0 Å². The average molecular weight is 370 g/mol. The molecule has 0 heterocycles. The van der Waals surface area contributed by atoms with Crippen LogP contribution in [0.1, 0.15) is 72.6 Å². The molecule has 0 aliphatic carbocycles. The minimum atomic E-state index is 0.467. The van der Waals surface area contributed by atoms with Crippen LogP contribution in [0.2, 0.25) is 0 Å². The highest BCUT2D eigenvalue weighted by atomic mass is 15.2. The Hall–Kier alpha value is -0.810. The van der Waals surface area contributed by atoms with E-state index in [1.807, 2.05) is 0 Å². The minimum absolute atomic E-state index is 0.467. The van der Waals surface area contributed by atoms with Crippen LogP contribution in [-0.4, -0.2) is 75.2 Å². The maximum Gasteiger partial charge on any atom is 0.191 e. The molecule has 0 saturated carbocycles. The quantitative estimate of drug-likeness (QED) is 0.248. The standard InChI is InChI=1S/C21H47N5/c1-7-22-21(23-17-13-11-10-12-14-18-25(5)6)24-20(4)16-15-19-26(8-2)9-3/h20H,7-19H2,1-6H3,(H2,22,23,24). The van der Waals surface area contributed by atoms with Gasteiger partial charge >= 0.3 is 0 Å². The van der Waals surface area contributed by atoms with E-state index < -0.39 is 0 Å². The molecule has 0 aliphatic heterocycles. The Labute approximate surface area is 164 Å². The molecule has 0 aromatic heterocycles. The van der Waals surface area contributed by atoms with Crippen LogP contribution in [0.25, 0.3) is 0 Å². The summed E-state index contributed by atoms with van der Waals surface area (Å²) in [6.45, 7) is 15.4. The molecule has 0 saturated heterocycles. The fraction of sp³-hybridized carbons (Fsp3) is 0.952. The van der Waals surface area contributed by atoms with Gasteiger partial charge in [-0.15, -0.1) is 0 Å². The van der Waals surface area contributed by atoms with Crippen LogP contribution < -0.4 is 10.6 Å². The van der Waals surface area contributed by atoms with Gasteiger partial charge in [0.25, 0.3) is 0 Å². The highest BCUT2D eigenvalue weighted by Crippen LogP contribution is 2.04. The molecule has 1 unspecified atom stereocenters. The number of unbranched alkanes of at least 4 members (excludes halogenated alkanes) is 4.